The number of carbonyl (C=O) groups is 1. The largest absolute Gasteiger partial charge is 0.394 e. The number of aliphatic hydroxyl groups is 7. The summed E-state index contributed by atoms with van der Waals surface area (Å²) in [7, 11) is 0. The number of nitrogens with one attached hydrogen (secondary N) is 1. The second kappa shape index (κ2) is 29.4. The molecule has 1 heterocycles. The molecule has 1 aliphatic rings. The lowest BCUT2D eigenvalue weighted by atomic mass is 9.98. The minimum absolute atomic E-state index is 0.253. The summed E-state index contributed by atoms with van der Waals surface area (Å²) in [5.41, 5.74) is 0. The molecule has 9 unspecified atom stereocenters. The van der Waals surface area contributed by atoms with Gasteiger partial charge < -0.3 is 50.5 Å². The summed E-state index contributed by atoms with van der Waals surface area (Å²) in [4.78, 5) is 12.9. The topological polar surface area (TPSA) is 189 Å². The van der Waals surface area contributed by atoms with Crippen LogP contribution in [0.5, 0.6) is 0 Å². The molecule has 1 rings (SSSR count). The normalized spacial score (nSPS) is 23.8. The van der Waals surface area contributed by atoms with Crippen LogP contribution in [0, 0.1) is 0 Å². The molecule has 1 saturated heterocycles. The van der Waals surface area contributed by atoms with E-state index in [0.29, 0.717) is 19.3 Å². The molecular weight excluding hydrogens is 630 g/mol. The highest BCUT2D eigenvalue weighted by Gasteiger charge is 2.44. The van der Waals surface area contributed by atoms with Gasteiger partial charge in [-0.1, -0.05) is 129 Å². The highest BCUT2D eigenvalue weighted by molar-refractivity contribution is 5.80. The Hall–Kier alpha value is -1.15. The molecule has 0 aromatic rings. The summed E-state index contributed by atoms with van der Waals surface area (Å²) >= 11 is 0. The Labute approximate surface area is 296 Å². The Morgan fingerprint density at radius 3 is 1.73 bits per heavy atom. The lowest BCUT2D eigenvalue weighted by Gasteiger charge is -2.40. The van der Waals surface area contributed by atoms with Crippen LogP contribution < -0.4 is 5.32 Å². The van der Waals surface area contributed by atoms with Crippen molar-refractivity contribution in [2.75, 3.05) is 13.2 Å². The van der Waals surface area contributed by atoms with Crippen molar-refractivity contribution >= 4 is 5.91 Å². The van der Waals surface area contributed by atoms with E-state index in [2.05, 4.69) is 24.4 Å². The van der Waals surface area contributed by atoms with E-state index in [9.17, 15) is 40.5 Å². The zero-order valence-corrected chi connectivity index (χ0v) is 30.7. The number of allylic oxidation sites excluding steroid dienone is 2. The smallest absolute Gasteiger partial charge is 0.249 e. The quantitative estimate of drug-likeness (QED) is 0.0376. The minimum Gasteiger partial charge on any atom is -0.394 e. The zero-order chi connectivity index (χ0) is 36.3. The van der Waals surface area contributed by atoms with Crippen LogP contribution in [0.25, 0.3) is 0 Å². The van der Waals surface area contributed by atoms with Crippen molar-refractivity contribution in [2.24, 2.45) is 0 Å². The van der Waals surface area contributed by atoms with E-state index >= 15 is 0 Å². The molecule has 0 aromatic carbocycles. The summed E-state index contributed by atoms with van der Waals surface area (Å²) < 4.78 is 10.9. The van der Waals surface area contributed by atoms with Gasteiger partial charge in [-0.25, -0.2) is 0 Å². The predicted molar refractivity (Wildman–Crippen MR) is 192 cm³/mol. The second-order valence-electron chi connectivity index (χ2n) is 14.0. The molecular formula is C38H73NO10. The van der Waals surface area contributed by atoms with Gasteiger partial charge in [-0.3, -0.25) is 4.79 Å². The summed E-state index contributed by atoms with van der Waals surface area (Å²) in [5, 5.41) is 74.4. The fourth-order valence-electron chi connectivity index (χ4n) is 6.20. The van der Waals surface area contributed by atoms with E-state index in [0.717, 1.165) is 44.9 Å². The van der Waals surface area contributed by atoms with Gasteiger partial charge >= 0.3 is 0 Å². The van der Waals surface area contributed by atoms with Crippen LogP contribution in [0.3, 0.4) is 0 Å². The average Bonchev–Trinajstić information content (AvgIpc) is 3.10. The van der Waals surface area contributed by atoms with Crippen molar-refractivity contribution in [1.29, 1.82) is 0 Å². The fourth-order valence-corrected chi connectivity index (χ4v) is 6.20. The number of aliphatic hydroxyl groups excluding tert-OH is 7. The van der Waals surface area contributed by atoms with Gasteiger partial charge in [0.15, 0.2) is 6.29 Å². The molecule has 49 heavy (non-hydrogen) atoms. The van der Waals surface area contributed by atoms with Gasteiger partial charge in [-0.2, -0.15) is 0 Å². The lowest BCUT2D eigenvalue weighted by molar-refractivity contribution is -0.303. The number of hydrogen-bond acceptors (Lipinski definition) is 10. The molecule has 8 N–H and O–H groups in total. The maximum atomic E-state index is 12.9. The summed E-state index contributed by atoms with van der Waals surface area (Å²) in [5.74, 6) is -0.712. The van der Waals surface area contributed by atoms with Gasteiger partial charge in [0.2, 0.25) is 5.91 Å². The monoisotopic (exact) mass is 704 g/mol. The van der Waals surface area contributed by atoms with Crippen LogP contribution in [0.1, 0.15) is 155 Å². The third kappa shape index (κ3) is 20.5. The van der Waals surface area contributed by atoms with E-state index < -0.39 is 74.2 Å². The van der Waals surface area contributed by atoms with Gasteiger partial charge in [0, 0.05) is 0 Å². The van der Waals surface area contributed by atoms with E-state index in [-0.39, 0.29) is 6.42 Å². The van der Waals surface area contributed by atoms with E-state index in [1.807, 2.05) is 6.92 Å². The van der Waals surface area contributed by atoms with Gasteiger partial charge in [0.1, 0.15) is 36.6 Å². The molecule has 1 amide bonds. The Kier molecular flexibility index (Phi) is 27.6. The van der Waals surface area contributed by atoms with Crippen molar-refractivity contribution in [1.82, 2.24) is 5.32 Å². The number of amides is 1. The molecule has 11 heteroatoms. The van der Waals surface area contributed by atoms with Gasteiger partial charge in [-0.05, 0) is 38.5 Å². The maximum absolute atomic E-state index is 12.9. The van der Waals surface area contributed by atoms with E-state index in [1.165, 1.54) is 70.6 Å². The molecule has 0 radical (unpaired) electrons. The Bertz CT molecular complexity index is 815. The van der Waals surface area contributed by atoms with Gasteiger partial charge in [0.25, 0.3) is 0 Å². The highest BCUT2D eigenvalue weighted by atomic mass is 16.7. The first-order chi connectivity index (χ1) is 23.7. The van der Waals surface area contributed by atoms with E-state index in [4.69, 9.17) is 9.47 Å². The molecule has 290 valence electrons. The first-order valence-corrected chi connectivity index (χ1v) is 19.6. The molecule has 0 bridgehead atoms. The zero-order valence-electron chi connectivity index (χ0n) is 30.7. The predicted octanol–water partition coefficient (Wildman–Crippen LogP) is 4.55. The Morgan fingerprint density at radius 2 is 1.18 bits per heavy atom. The number of hydrogen-bond donors (Lipinski definition) is 8. The van der Waals surface area contributed by atoms with Gasteiger partial charge in [-0.15, -0.1) is 0 Å². The van der Waals surface area contributed by atoms with Crippen LogP contribution in [0.4, 0.5) is 0 Å². The Balaban J connectivity index is 2.34. The van der Waals surface area contributed by atoms with E-state index in [1.54, 1.807) is 0 Å². The van der Waals surface area contributed by atoms with Crippen molar-refractivity contribution in [3.63, 3.8) is 0 Å². The molecule has 0 aromatic heterocycles. The third-order valence-corrected chi connectivity index (χ3v) is 9.57. The average molecular weight is 704 g/mol. The standard InChI is InChI=1S/C38H73NO10/c1-3-5-7-8-9-10-11-12-13-14-15-16-17-18-19-20-21-22-24-26-31(42)37(47)39-29(33(43)30(41)25-23-6-4-2)28-48-38-36(46)35(45)34(44)32(27-40)49-38/h15-16,29-36,38,40-46H,3-14,17-28H2,1-2H3,(H,39,47)/b16-15-. The molecule has 0 saturated carbocycles. The second-order valence-corrected chi connectivity index (χ2v) is 14.0. The molecule has 9 atom stereocenters. The first kappa shape index (κ1) is 45.9. The molecule has 11 nitrogen and oxygen atoms in total. The van der Waals surface area contributed by atoms with Crippen molar-refractivity contribution in [3.05, 3.63) is 12.2 Å². The van der Waals surface area contributed by atoms with Crippen LogP contribution in [0.15, 0.2) is 12.2 Å². The van der Waals surface area contributed by atoms with Crippen LogP contribution in [0.2, 0.25) is 0 Å². The Morgan fingerprint density at radius 1 is 0.694 bits per heavy atom. The first-order valence-electron chi connectivity index (χ1n) is 19.6. The molecule has 1 aliphatic heterocycles. The van der Waals surface area contributed by atoms with Crippen LogP contribution >= 0.6 is 0 Å². The number of rotatable bonds is 31. The summed E-state index contributed by atoms with van der Waals surface area (Å²) in [6, 6.07) is -1.16. The molecule has 1 fully saturated rings. The van der Waals surface area contributed by atoms with Crippen LogP contribution in [-0.2, 0) is 14.3 Å². The SMILES string of the molecule is CCCCCCCCCCC/C=C\CCCCCCCCC(O)C(=O)NC(COC1OC(CO)C(O)C(O)C1O)C(O)C(O)CCCCC. The number of carbonyl (C=O) groups excluding carboxylic acids is 1. The minimum atomic E-state index is -1.66. The van der Waals surface area contributed by atoms with Gasteiger partial charge in [0.05, 0.1) is 25.4 Å². The maximum Gasteiger partial charge on any atom is 0.249 e. The number of unbranched alkanes of at least 4 members (excludes halogenated alkanes) is 17. The van der Waals surface area contributed by atoms with Crippen LogP contribution in [-0.4, -0.2) is 110 Å². The third-order valence-electron chi connectivity index (χ3n) is 9.57. The number of ether oxygens (including phenoxy) is 2. The fraction of sp³-hybridized carbons (Fsp3) is 0.921. The lowest BCUT2D eigenvalue weighted by Crippen LogP contribution is -2.60. The van der Waals surface area contributed by atoms with Crippen molar-refractivity contribution in [2.45, 2.75) is 210 Å². The molecule has 0 aliphatic carbocycles. The molecule has 0 spiro atoms. The van der Waals surface area contributed by atoms with Crippen molar-refractivity contribution < 1.29 is 50.0 Å². The summed E-state index contributed by atoms with van der Waals surface area (Å²) in [6.07, 6.45) is 16.7. The summed E-state index contributed by atoms with van der Waals surface area (Å²) in [6.45, 7) is 3.21. The van der Waals surface area contributed by atoms with Crippen molar-refractivity contribution in [3.8, 4) is 0 Å². The highest BCUT2D eigenvalue weighted by Crippen LogP contribution is 2.23.